The summed E-state index contributed by atoms with van der Waals surface area (Å²) in [7, 11) is 0. The number of fused-ring (bicyclic) bond motifs is 1. The topological polar surface area (TPSA) is 116 Å². The van der Waals surface area contributed by atoms with E-state index in [1.165, 1.54) is 18.7 Å². The summed E-state index contributed by atoms with van der Waals surface area (Å²) in [4.78, 5) is 48.2. The monoisotopic (exact) mass is 333 g/mol. The number of carbonyl (C=O) groups is 4. The minimum atomic E-state index is -1.41. The van der Waals surface area contributed by atoms with Crippen molar-refractivity contribution in [2.24, 2.45) is 0 Å². The van der Waals surface area contributed by atoms with E-state index in [0.29, 0.717) is 11.4 Å². The van der Waals surface area contributed by atoms with E-state index in [0.717, 1.165) is 0 Å². The van der Waals surface area contributed by atoms with Crippen molar-refractivity contribution in [3.05, 3.63) is 24.3 Å². The van der Waals surface area contributed by atoms with Crippen LogP contribution in [-0.4, -0.2) is 40.9 Å². The van der Waals surface area contributed by atoms with Gasteiger partial charge in [0.05, 0.1) is 11.4 Å². The van der Waals surface area contributed by atoms with E-state index < -0.39 is 17.4 Å². The summed E-state index contributed by atoms with van der Waals surface area (Å²) in [5.41, 5.74) is -0.287. The molecule has 0 spiro atoms. The van der Waals surface area contributed by atoms with Gasteiger partial charge in [0.1, 0.15) is 12.1 Å². The molecule has 2 rings (SSSR count). The lowest BCUT2D eigenvalue weighted by atomic mass is 10.1. The number of carboxylic acids is 1. The largest absolute Gasteiger partial charge is 0.480 e. The second-order valence-corrected chi connectivity index (χ2v) is 6.02. The fourth-order valence-corrected chi connectivity index (χ4v) is 2.28. The highest BCUT2D eigenvalue weighted by molar-refractivity contribution is 6.10. The first-order valence-corrected chi connectivity index (χ1v) is 7.44. The zero-order valence-corrected chi connectivity index (χ0v) is 13.5. The molecule has 8 heteroatoms. The number of para-hydroxylation sites is 2. The summed E-state index contributed by atoms with van der Waals surface area (Å²) in [5.74, 6) is -2.38. The highest BCUT2D eigenvalue weighted by Gasteiger charge is 2.30. The van der Waals surface area contributed by atoms with Crippen molar-refractivity contribution < 1.29 is 24.3 Å². The number of aliphatic carboxylic acids is 1. The molecule has 0 fully saturated rings. The van der Waals surface area contributed by atoms with Crippen LogP contribution >= 0.6 is 0 Å². The van der Waals surface area contributed by atoms with Gasteiger partial charge < -0.3 is 20.6 Å². The van der Waals surface area contributed by atoms with Crippen LogP contribution < -0.4 is 15.5 Å². The van der Waals surface area contributed by atoms with E-state index in [-0.39, 0.29) is 31.2 Å². The van der Waals surface area contributed by atoms with E-state index in [1.807, 2.05) is 0 Å². The van der Waals surface area contributed by atoms with Gasteiger partial charge in [0.25, 0.3) is 0 Å². The van der Waals surface area contributed by atoms with Crippen LogP contribution in [0.1, 0.15) is 26.7 Å². The molecule has 1 aliphatic heterocycles. The second kappa shape index (κ2) is 6.69. The van der Waals surface area contributed by atoms with Gasteiger partial charge in [0.15, 0.2) is 0 Å². The Morgan fingerprint density at radius 3 is 2.58 bits per heavy atom. The van der Waals surface area contributed by atoms with Crippen molar-refractivity contribution in [1.29, 1.82) is 0 Å². The smallest absolute Gasteiger partial charge is 0.328 e. The summed E-state index contributed by atoms with van der Waals surface area (Å²) >= 11 is 0. The van der Waals surface area contributed by atoms with Crippen molar-refractivity contribution in [3.8, 4) is 0 Å². The number of rotatable bonds is 5. The van der Waals surface area contributed by atoms with Crippen LogP contribution in [0.5, 0.6) is 0 Å². The predicted molar refractivity (Wildman–Crippen MR) is 86.5 cm³/mol. The van der Waals surface area contributed by atoms with Gasteiger partial charge in [0, 0.05) is 12.8 Å². The average Bonchev–Trinajstić information content (AvgIpc) is 2.51. The van der Waals surface area contributed by atoms with Crippen molar-refractivity contribution >= 4 is 35.1 Å². The molecular formula is C16H19N3O5. The van der Waals surface area contributed by atoms with Crippen molar-refractivity contribution in [2.45, 2.75) is 32.2 Å². The SMILES string of the molecule is CC(C)(NC(=O)CCC(=O)N1CC(=O)Nc2ccccc21)C(=O)O. The Morgan fingerprint density at radius 2 is 1.92 bits per heavy atom. The molecule has 128 valence electrons. The number of benzene rings is 1. The highest BCUT2D eigenvalue weighted by atomic mass is 16.4. The number of amides is 3. The maximum absolute atomic E-state index is 12.4. The number of anilines is 2. The second-order valence-electron chi connectivity index (χ2n) is 6.02. The van der Waals surface area contributed by atoms with Gasteiger partial charge in [-0.3, -0.25) is 14.4 Å². The minimum absolute atomic E-state index is 0.113. The molecule has 1 aliphatic rings. The molecule has 0 saturated heterocycles. The van der Waals surface area contributed by atoms with Crippen molar-refractivity contribution in [3.63, 3.8) is 0 Å². The molecule has 0 unspecified atom stereocenters. The Labute approximate surface area is 138 Å². The maximum Gasteiger partial charge on any atom is 0.328 e. The third kappa shape index (κ3) is 3.89. The summed E-state index contributed by atoms with van der Waals surface area (Å²) < 4.78 is 0. The number of nitrogens with one attached hydrogen (secondary N) is 2. The molecule has 1 aromatic carbocycles. The zero-order chi connectivity index (χ0) is 17.9. The zero-order valence-electron chi connectivity index (χ0n) is 13.5. The molecule has 0 bridgehead atoms. The lowest BCUT2D eigenvalue weighted by Crippen LogP contribution is -2.50. The maximum atomic E-state index is 12.4. The molecule has 0 aliphatic carbocycles. The summed E-state index contributed by atoms with van der Waals surface area (Å²) in [5, 5.41) is 14.0. The van der Waals surface area contributed by atoms with Crippen LogP contribution in [0.2, 0.25) is 0 Å². The quantitative estimate of drug-likeness (QED) is 0.735. The first-order chi connectivity index (χ1) is 11.2. The average molecular weight is 333 g/mol. The molecule has 0 saturated carbocycles. The van der Waals surface area contributed by atoms with Crippen LogP contribution in [0.25, 0.3) is 0 Å². The van der Waals surface area contributed by atoms with Crippen molar-refractivity contribution in [2.75, 3.05) is 16.8 Å². The van der Waals surface area contributed by atoms with Gasteiger partial charge in [-0.2, -0.15) is 0 Å². The van der Waals surface area contributed by atoms with Gasteiger partial charge in [-0.05, 0) is 26.0 Å². The molecular weight excluding hydrogens is 314 g/mol. The van der Waals surface area contributed by atoms with Gasteiger partial charge in [0.2, 0.25) is 17.7 Å². The Kier molecular flexibility index (Phi) is 4.87. The number of carbonyl (C=O) groups excluding carboxylic acids is 3. The Balaban J connectivity index is 2.00. The molecule has 0 radical (unpaired) electrons. The molecule has 3 N–H and O–H groups in total. The number of carboxylic acid groups (broad SMARTS) is 1. The van der Waals surface area contributed by atoms with Crippen LogP contribution in [0.4, 0.5) is 11.4 Å². The minimum Gasteiger partial charge on any atom is -0.480 e. The van der Waals surface area contributed by atoms with E-state index >= 15 is 0 Å². The van der Waals surface area contributed by atoms with Crippen molar-refractivity contribution in [1.82, 2.24) is 5.32 Å². The highest BCUT2D eigenvalue weighted by Crippen LogP contribution is 2.29. The third-order valence-electron chi connectivity index (χ3n) is 3.62. The van der Waals surface area contributed by atoms with Crippen LogP contribution in [0.3, 0.4) is 0 Å². The van der Waals surface area contributed by atoms with Gasteiger partial charge in [-0.1, -0.05) is 12.1 Å². The normalized spacial score (nSPS) is 13.8. The lowest BCUT2D eigenvalue weighted by Gasteiger charge is -2.29. The van der Waals surface area contributed by atoms with E-state index in [4.69, 9.17) is 5.11 Å². The summed E-state index contributed by atoms with van der Waals surface area (Å²) in [6.07, 6.45) is -0.279. The molecule has 1 aromatic rings. The predicted octanol–water partition coefficient (Wildman–Crippen LogP) is 0.731. The summed E-state index contributed by atoms with van der Waals surface area (Å²) in [6, 6.07) is 6.89. The molecule has 8 nitrogen and oxygen atoms in total. The molecule has 0 atom stereocenters. The first kappa shape index (κ1) is 17.5. The molecule has 1 heterocycles. The first-order valence-electron chi connectivity index (χ1n) is 7.44. The standard InChI is InChI=1S/C16H19N3O5/c1-16(2,15(23)24)18-12(20)7-8-14(22)19-9-13(21)17-10-5-3-4-6-11(10)19/h3-6H,7-9H2,1-2H3,(H,17,21)(H,18,20)(H,23,24). The van der Waals surface area contributed by atoms with E-state index in [9.17, 15) is 19.2 Å². The Bertz CT molecular complexity index is 699. The van der Waals surface area contributed by atoms with Gasteiger partial charge in [-0.25, -0.2) is 4.79 Å². The fourth-order valence-electron chi connectivity index (χ4n) is 2.28. The van der Waals surface area contributed by atoms with Crippen LogP contribution in [0, 0.1) is 0 Å². The van der Waals surface area contributed by atoms with Crippen LogP contribution in [-0.2, 0) is 19.2 Å². The van der Waals surface area contributed by atoms with Gasteiger partial charge >= 0.3 is 5.97 Å². The van der Waals surface area contributed by atoms with Gasteiger partial charge in [-0.15, -0.1) is 0 Å². The van der Waals surface area contributed by atoms with E-state index in [2.05, 4.69) is 10.6 Å². The Hall–Kier alpha value is -2.90. The number of nitrogens with zero attached hydrogens (tertiary/aromatic N) is 1. The summed E-state index contributed by atoms with van der Waals surface area (Å²) in [6.45, 7) is 2.61. The molecule has 24 heavy (non-hydrogen) atoms. The third-order valence-corrected chi connectivity index (χ3v) is 3.62. The number of hydrogen-bond acceptors (Lipinski definition) is 4. The van der Waals surface area contributed by atoms with Crippen LogP contribution in [0.15, 0.2) is 24.3 Å². The molecule has 0 aromatic heterocycles. The fraction of sp³-hybridized carbons (Fsp3) is 0.375. The molecule has 3 amide bonds. The van der Waals surface area contributed by atoms with E-state index in [1.54, 1.807) is 24.3 Å². The number of hydrogen-bond donors (Lipinski definition) is 3. The lowest BCUT2D eigenvalue weighted by molar-refractivity contribution is -0.146. The Morgan fingerprint density at radius 1 is 1.25 bits per heavy atom.